The Hall–Kier alpha value is -0.860. The Labute approximate surface area is 112 Å². The van der Waals surface area contributed by atoms with Gasteiger partial charge in [-0.2, -0.15) is 0 Å². The Bertz CT molecular complexity index is 316. The number of benzene rings is 1. The summed E-state index contributed by atoms with van der Waals surface area (Å²) in [6.07, 6.45) is 2.19. The van der Waals surface area contributed by atoms with Gasteiger partial charge < -0.3 is 10.1 Å². The van der Waals surface area contributed by atoms with E-state index < -0.39 is 0 Å². The van der Waals surface area contributed by atoms with Crippen LogP contribution in [0.1, 0.15) is 32.8 Å². The van der Waals surface area contributed by atoms with Gasteiger partial charge in [-0.3, -0.25) is 0 Å². The normalized spacial score (nSPS) is 13.6. The van der Waals surface area contributed by atoms with Gasteiger partial charge in [-0.05, 0) is 30.9 Å². The summed E-state index contributed by atoms with van der Waals surface area (Å²) in [5.74, 6) is 0. The smallest absolute Gasteiger partial charge is 0.0624 e. The van der Waals surface area contributed by atoms with Crippen molar-refractivity contribution in [3.8, 4) is 0 Å². The van der Waals surface area contributed by atoms with E-state index in [0.717, 1.165) is 26.1 Å². The summed E-state index contributed by atoms with van der Waals surface area (Å²) in [4.78, 5) is 0. The molecule has 0 fully saturated rings. The Balaban J connectivity index is 2.15. The average molecular weight is 249 g/mol. The van der Waals surface area contributed by atoms with Crippen LogP contribution in [0.4, 0.5) is 0 Å². The third-order valence-electron chi connectivity index (χ3n) is 3.28. The van der Waals surface area contributed by atoms with Crippen molar-refractivity contribution in [3.63, 3.8) is 0 Å². The van der Waals surface area contributed by atoms with Crippen LogP contribution in [0, 0.1) is 5.41 Å². The molecule has 0 amide bonds. The molecule has 0 heterocycles. The molecule has 102 valence electrons. The molecule has 0 radical (unpaired) electrons. The molecule has 0 spiro atoms. The highest BCUT2D eigenvalue weighted by Crippen LogP contribution is 2.19. The molecule has 2 heteroatoms. The summed E-state index contributed by atoms with van der Waals surface area (Å²) in [5, 5.41) is 3.33. The van der Waals surface area contributed by atoms with Gasteiger partial charge in [0.1, 0.15) is 0 Å². The predicted molar refractivity (Wildman–Crippen MR) is 77.9 cm³/mol. The van der Waals surface area contributed by atoms with Crippen molar-refractivity contribution in [2.45, 2.75) is 39.7 Å². The summed E-state index contributed by atoms with van der Waals surface area (Å²) >= 11 is 0. The maximum Gasteiger partial charge on any atom is 0.0624 e. The fraction of sp³-hybridized carbons (Fsp3) is 0.625. The van der Waals surface area contributed by atoms with Gasteiger partial charge in [0.05, 0.1) is 6.61 Å². The second-order valence-electron chi connectivity index (χ2n) is 5.87. The summed E-state index contributed by atoms with van der Waals surface area (Å²) < 4.78 is 5.77. The van der Waals surface area contributed by atoms with E-state index in [1.807, 2.05) is 7.05 Å². The van der Waals surface area contributed by atoms with Crippen LogP contribution in [-0.4, -0.2) is 26.3 Å². The highest BCUT2D eigenvalue weighted by Gasteiger charge is 2.22. The van der Waals surface area contributed by atoms with Gasteiger partial charge in [0.15, 0.2) is 0 Å². The van der Waals surface area contributed by atoms with E-state index >= 15 is 0 Å². The van der Waals surface area contributed by atoms with Crippen LogP contribution in [0.3, 0.4) is 0 Å². The molecule has 1 atom stereocenters. The maximum absolute atomic E-state index is 5.77. The third-order valence-corrected chi connectivity index (χ3v) is 3.28. The highest BCUT2D eigenvalue weighted by molar-refractivity contribution is 5.14. The van der Waals surface area contributed by atoms with Crippen LogP contribution in [-0.2, 0) is 11.2 Å². The van der Waals surface area contributed by atoms with Gasteiger partial charge in [0.25, 0.3) is 0 Å². The zero-order valence-corrected chi connectivity index (χ0v) is 12.2. The van der Waals surface area contributed by atoms with Crippen molar-refractivity contribution in [1.29, 1.82) is 0 Å². The predicted octanol–water partition coefficient (Wildman–Crippen LogP) is 3.27. The van der Waals surface area contributed by atoms with Gasteiger partial charge in [0, 0.05) is 12.6 Å². The maximum atomic E-state index is 5.77. The molecule has 1 aromatic rings. The third kappa shape index (κ3) is 5.65. The topological polar surface area (TPSA) is 21.3 Å². The van der Waals surface area contributed by atoms with E-state index in [1.54, 1.807) is 0 Å². The van der Waals surface area contributed by atoms with E-state index in [0.29, 0.717) is 6.04 Å². The number of likely N-dealkylation sites (N-methyl/N-ethyl adjacent to an activating group) is 1. The lowest BCUT2D eigenvalue weighted by Crippen LogP contribution is -2.41. The van der Waals surface area contributed by atoms with Crippen LogP contribution in [0.5, 0.6) is 0 Å². The quantitative estimate of drug-likeness (QED) is 0.749. The molecule has 0 bridgehead atoms. The first-order chi connectivity index (χ1) is 8.54. The van der Waals surface area contributed by atoms with Gasteiger partial charge >= 0.3 is 0 Å². The van der Waals surface area contributed by atoms with Gasteiger partial charge in [-0.1, -0.05) is 51.1 Å². The molecule has 2 nitrogen and oxygen atoms in total. The number of hydrogen-bond donors (Lipinski definition) is 1. The molecule has 1 unspecified atom stereocenters. The molecule has 1 aromatic carbocycles. The minimum absolute atomic E-state index is 0.244. The van der Waals surface area contributed by atoms with Crippen molar-refractivity contribution in [1.82, 2.24) is 5.32 Å². The summed E-state index contributed by atoms with van der Waals surface area (Å²) in [6, 6.07) is 11.0. The monoisotopic (exact) mass is 249 g/mol. The largest absolute Gasteiger partial charge is 0.380 e. The number of ether oxygens (including phenoxy) is 1. The van der Waals surface area contributed by atoms with Crippen LogP contribution in [0.15, 0.2) is 30.3 Å². The molecule has 18 heavy (non-hydrogen) atoms. The van der Waals surface area contributed by atoms with E-state index in [2.05, 4.69) is 56.4 Å². The molecule has 0 aliphatic heterocycles. The van der Waals surface area contributed by atoms with E-state index in [9.17, 15) is 0 Å². The SMILES string of the molecule is CNC(COCCCc1ccccc1)C(C)(C)C. The summed E-state index contributed by atoms with van der Waals surface area (Å²) in [6.45, 7) is 8.34. The highest BCUT2D eigenvalue weighted by atomic mass is 16.5. The lowest BCUT2D eigenvalue weighted by molar-refractivity contribution is 0.0773. The molecule has 0 aromatic heterocycles. The first kappa shape index (κ1) is 15.2. The second-order valence-corrected chi connectivity index (χ2v) is 5.87. The minimum atomic E-state index is 0.244. The average Bonchev–Trinajstić information content (AvgIpc) is 2.33. The van der Waals surface area contributed by atoms with E-state index in [-0.39, 0.29) is 5.41 Å². The van der Waals surface area contributed by atoms with Crippen LogP contribution in [0.2, 0.25) is 0 Å². The standard InChI is InChI=1S/C16H27NO/c1-16(2,3)15(17-4)13-18-12-8-11-14-9-6-5-7-10-14/h5-7,9-10,15,17H,8,11-13H2,1-4H3. The fourth-order valence-electron chi connectivity index (χ4n) is 1.99. The number of rotatable bonds is 7. The van der Waals surface area contributed by atoms with Crippen molar-refractivity contribution in [3.05, 3.63) is 35.9 Å². The van der Waals surface area contributed by atoms with Gasteiger partial charge in [0.2, 0.25) is 0 Å². The number of nitrogens with one attached hydrogen (secondary N) is 1. The molecular weight excluding hydrogens is 222 g/mol. The van der Waals surface area contributed by atoms with Crippen molar-refractivity contribution in [2.24, 2.45) is 5.41 Å². The molecule has 0 aliphatic carbocycles. The first-order valence-electron chi connectivity index (χ1n) is 6.83. The van der Waals surface area contributed by atoms with Gasteiger partial charge in [-0.15, -0.1) is 0 Å². The number of aryl methyl sites for hydroxylation is 1. The minimum Gasteiger partial charge on any atom is -0.380 e. The molecule has 1 N–H and O–H groups in total. The lowest BCUT2D eigenvalue weighted by Gasteiger charge is -2.30. The Morgan fingerprint density at radius 1 is 1.17 bits per heavy atom. The van der Waals surface area contributed by atoms with E-state index in [1.165, 1.54) is 5.56 Å². The zero-order chi connectivity index (χ0) is 13.4. The van der Waals surface area contributed by atoms with Crippen LogP contribution < -0.4 is 5.32 Å². The van der Waals surface area contributed by atoms with Gasteiger partial charge in [-0.25, -0.2) is 0 Å². The van der Waals surface area contributed by atoms with Crippen LogP contribution >= 0.6 is 0 Å². The fourth-order valence-corrected chi connectivity index (χ4v) is 1.99. The van der Waals surface area contributed by atoms with Crippen LogP contribution in [0.25, 0.3) is 0 Å². The lowest BCUT2D eigenvalue weighted by atomic mass is 9.87. The first-order valence-corrected chi connectivity index (χ1v) is 6.83. The molecule has 0 saturated heterocycles. The zero-order valence-electron chi connectivity index (χ0n) is 12.2. The molecule has 0 saturated carbocycles. The van der Waals surface area contributed by atoms with Crippen molar-refractivity contribution >= 4 is 0 Å². The summed E-state index contributed by atoms with van der Waals surface area (Å²) in [5.41, 5.74) is 1.64. The Morgan fingerprint density at radius 3 is 2.39 bits per heavy atom. The summed E-state index contributed by atoms with van der Waals surface area (Å²) in [7, 11) is 2.00. The number of hydrogen-bond acceptors (Lipinski definition) is 2. The molecule has 1 rings (SSSR count). The molecule has 0 aliphatic rings. The van der Waals surface area contributed by atoms with Crippen molar-refractivity contribution < 1.29 is 4.74 Å². The Morgan fingerprint density at radius 2 is 1.83 bits per heavy atom. The molecular formula is C16H27NO. The van der Waals surface area contributed by atoms with E-state index in [4.69, 9.17) is 4.74 Å². The van der Waals surface area contributed by atoms with Crippen molar-refractivity contribution in [2.75, 3.05) is 20.3 Å². The second kappa shape index (κ2) is 7.55. The Kier molecular flexibility index (Phi) is 6.37.